The highest BCUT2D eigenvalue weighted by molar-refractivity contribution is 7.72. The molecule has 1 amide bonds. The number of carbonyl (C=O) groups excluding carboxylic acids is 1. The second-order valence-corrected chi connectivity index (χ2v) is 14.2. The van der Waals surface area contributed by atoms with Crippen LogP contribution >= 0.6 is 15.2 Å². The number of aliphatic hydroxyl groups is 1. The molecule has 3 aromatic heterocycles. The summed E-state index contributed by atoms with van der Waals surface area (Å²) < 4.78 is 30.6. The van der Waals surface area contributed by atoms with Crippen LogP contribution in [0.2, 0.25) is 0 Å². The van der Waals surface area contributed by atoms with E-state index in [0.717, 1.165) is 53.0 Å². The molecule has 16 heteroatoms. The van der Waals surface area contributed by atoms with Gasteiger partial charge < -0.3 is 34.7 Å². The monoisotopic (exact) mass is 631 g/mol. The van der Waals surface area contributed by atoms with Crippen LogP contribution in [0.25, 0.3) is 33.4 Å². The van der Waals surface area contributed by atoms with Crippen LogP contribution < -0.4 is 10.1 Å². The molecule has 14 nitrogen and oxygen atoms in total. The summed E-state index contributed by atoms with van der Waals surface area (Å²) in [5, 5.41) is 14.7. The highest BCUT2D eigenvalue weighted by Gasteiger charge is 2.58. The second-order valence-electron chi connectivity index (χ2n) is 10.2. The molecule has 0 saturated heterocycles. The summed E-state index contributed by atoms with van der Waals surface area (Å²) in [5.41, 5.74) is 5.50. The zero-order chi connectivity index (χ0) is 30.8. The second kappa shape index (κ2) is 12.3. The maximum absolute atomic E-state index is 12.2. The summed E-state index contributed by atoms with van der Waals surface area (Å²) in [6.45, 7) is 0.711. The first-order valence-corrected chi connectivity index (χ1v) is 16.7. The lowest BCUT2D eigenvalue weighted by atomic mass is 9.96. The van der Waals surface area contributed by atoms with E-state index in [4.69, 9.17) is 9.84 Å². The SMILES string of the molecule is O=C(CCOc1ccc2c(-c3c(-c4ccccn4)nn4c3CCC4)ccnc2c1)NCCCC(O)(P(=O)(O)O)P(=O)(O)O. The largest absolute Gasteiger partial charge is 0.493 e. The Balaban J connectivity index is 1.22. The fourth-order valence-corrected chi connectivity index (χ4v) is 7.35. The molecular weight excluding hydrogens is 600 g/mol. The molecule has 1 aromatic carbocycles. The zero-order valence-corrected chi connectivity index (χ0v) is 24.7. The highest BCUT2D eigenvalue weighted by Crippen LogP contribution is 2.69. The normalized spacial score (nSPS) is 13.7. The van der Waals surface area contributed by atoms with Crippen LogP contribution in [0.5, 0.6) is 5.75 Å². The van der Waals surface area contributed by atoms with Gasteiger partial charge in [0.1, 0.15) is 11.4 Å². The topological polar surface area (TPSA) is 217 Å². The molecule has 5 rings (SSSR count). The Labute approximate surface area is 246 Å². The minimum Gasteiger partial charge on any atom is -0.493 e. The molecule has 6 N–H and O–H groups in total. The number of hydrogen-bond donors (Lipinski definition) is 6. The van der Waals surface area contributed by atoms with Gasteiger partial charge in [-0.3, -0.25) is 28.6 Å². The van der Waals surface area contributed by atoms with Crippen molar-refractivity contribution in [3.63, 3.8) is 0 Å². The Morgan fingerprint density at radius 2 is 1.84 bits per heavy atom. The van der Waals surface area contributed by atoms with Gasteiger partial charge in [0.2, 0.25) is 5.91 Å². The Morgan fingerprint density at radius 1 is 1.05 bits per heavy atom. The van der Waals surface area contributed by atoms with Gasteiger partial charge in [0, 0.05) is 54.6 Å². The fraction of sp³-hybridized carbons (Fsp3) is 0.333. The number of ether oxygens (including phenoxy) is 1. The molecule has 1 aliphatic heterocycles. The van der Waals surface area contributed by atoms with Crippen LogP contribution in [-0.4, -0.2) is 68.6 Å². The molecular formula is C27H31N5O9P2. The number of benzene rings is 1. The van der Waals surface area contributed by atoms with E-state index in [1.807, 2.05) is 35.0 Å². The van der Waals surface area contributed by atoms with Crippen molar-refractivity contribution in [1.82, 2.24) is 25.1 Å². The first-order valence-electron chi connectivity index (χ1n) is 13.5. The van der Waals surface area contributed by atoms with E-state index in [1.165, 1.54) is 0 Å². The van der Waals surface area contributed by atoms with E-state index in [1.54, 1.807) is 24.5 Å². The van der Waals surface area contributed by atoms with E-state index >= 15 is 0 Å². The summed E-state index contributed by atoms with van der Waals surface area (Å²) >= 11 is 0. The van der Waals surface area contributed by atoms with Crippen molar-refractivity contribution >= 4 is 32.0 Å². The maximum atomic E-state index is 12.2. The van der Waals surface area contributed by atoms with Gasteiger partial charge in [0.05, 0.1) is 24.2 Å². The Kier molecular flexibility index (Phi) is 8.82. The molecule has 0 unspecified atom stereocenters. The summed E-state index contributed by atoms with van der Waals surface area (Å²) in [6, 6.07) is 13.2. The van der Waals surface area contributed by atoms with E-state index in [0.29, 0.717) is 11.3 Å². The predicted molar refractivity (Wildman–Crippen MR) is 156 cm³/mol. The Hall–Kier alpha value is -3.48. The number of nitrogens with one attached hydrogen (secondary N) is 1. The first-order chi connectivity index (χ1) is 20.4. The number of carbonyl (C=O) groups is 1. The molecule has 228 valence electrons. The molecule has 0 bridgehead atoms. The molecule has 0 atom stereocenters. The molecule has 0 radical (unpaired) electrons. The van der Waals surface area contributed by atoms with Crippen molar-refractivity contribution in [2.75, 3.05) is 13.2 Å². The Morgan fingerprint density at radius 3 is 2.56 bits per heavy atom. The highest BCUT2D eigenvalue weighted by atomic mass is 31.2. The van der Waals surface area contributed by atoms with Crippen molar-refractivity contribution in [2.45, 2.75) is 43.7 Å². The van der Waals surface area contributed by atoms with Gasteiger partial charge in [-0.15, -0.1) is 0 Å². The fourth-order valence-electron chi connectivity index (χ4n) is 5.10. The average Bonchev–Trinajstić information content (AvgIpc) is 3.56. The van der Waals surface area contributed by atoms with E-state index in [2.05, 4.69) is 15.3 Å². The van der Waals surface area contributed by atoms with Crippen molar-refractivity contribution in [3.05, 3.63) is 60.6 Å². The molecule has 1 aliphatic rings. The molecule has 0 fully saturated rings. The summed E-state index contributed by atoms with van der Waals surface area (Å²) in [7, 11) is -11.1. The van der Waals surface area contributed by atoms with Gasteiger partial charge in [-0.2, -0.15) is 5.10 Å². The number of hydrogen-bond acceptors (Lipinski definition) is 8. The number of amides is 1. The van der Waals surface area contributed by atoms with Gasteiger partial charge >= 0.3 is 15.2 Å². The summed E-state index contributed by atoms with van der Waals surface area (Å²) in [6.07, 6.45) is 4.18. The number of rotatable bonds is 12. The summed E-state index contributed by atoms with van der Waals surface area (Å²) in [4.78, 5) is 58.0. The zero-order valence-electron chi connectivity index (χ0n) is 22.9. The predicted octanol–water partition coefficient (Wildman–Crippen LogP) is 2.77. The molecule has 0 spiro atoms. The van der Waals surface area contributed by atoms with E-state index in [-0.39, 0.29) is 26.0 Å². The maximum Gasteiger partial charge on any atom is 0.369 e. The van der Waals surface area contributed by atoms with E-state index in [9.17, 15) is 38.6 Å². The van der Waals surface area contributed by atoms with Crippen LogP contribution in [0, 0.1) is 0 Å². The van der Waals surface area contributed by atoms with Crippen LogP contribution in [0.3, 0.4) is 0 Å². The van der Waals surface area contributed by atoms with Crippen molar-refractivity contribution in [3.8, 4) is 28.3 Å². The lowest BCUT2D eigenvalue weighted by molar-refractivity contribution is -0.121. The minimum absolute atomic E-state index is 0.0205. The van der Waals surface area contributed by atoms with Crippen LogP contribution in [0.15, 0.2) is 54.9 Å². The molecule has 43 heavy (non-hydrogen) atoms. The van der Waals surface area contributed by atoms with Crippen LogP contribution in [-0.2, 0) is 26.9 Å². The minimum atomic E-state index is -5.53. The van der Waals surface area contributed by atoms with Gasteiger partial charge in [0.15, 0.2) is 0 Å². The molecule has 4 aromatic rings. The quantitative estimate of drug-likeness (QED) is 0.0983. The van der Waals surface area contributed by atoms with Gasteiger partial charge in [-0.1, -0.05) is 6.07 Å². The molecule has 0 saturated carbocycles. The van der Waals surface area contributed by atoms with Crippen molar-refractivity contribution < 1.29 is 43.3 Å². The lowest BCUT2D eigenvalue weighted by Gasteiger charge is -2.29. The van der Waals surface area contributed by atoms with Crippen molar-refractivity contribution in [1.29, 1.82) is 0 Å². The smallest absolute Gasteiger partial charge is 0.369 e. The number of aryl methyl sites for hydroxylation is 1. The Bertz CT molecular complexity index is 1710. The average molecular weight is 632 g/mol. The first kappa shape index (κ1) is 31.0. The molecule has 0 aliphatic carbocycles. The summed E-state index contributed by atoms with van der Waals surface area (Å²) in [5.74, 6) is 0.0534. The van der Waals surface area contributed by atoms with Gasteiger partial charge in [-0.25, -0.2) is 0 Å². The lowest BCUT2D eigenvalue weighted by Crippen LogP contribution is -2.31. The third-order valence-corrected chi connectivity index (χ3v) is 11.2. The standard InChI is InChI=1S/C27H31N5O9P2/c33-24(30-13-4-11-27(34,42(35,36)37)43(38,39)40)10-16-41-18-7-8-19-20(9-14-29-22(19)17-18)25-23-6-3-15-32(23)31-26(25)21-5-1-2-12-28-21/h1-2,5,7-9,12,14,17,34H,3-4,6,10-11,13,15-16H2,(H,30,33)(H2,35,36,37)(H2,38,39,40). The number of fused-ring (bicyclic) bond motifs is 2. The van der Waals surface area contributed by atoms with Crippen molar-refractivity contribution in [2.24, 2.45) is 0 Å². The number of pyridine rings is 2. The van der Waals surface area contributed by atoms with Crippen LogP contribution in [0.4, 0.5) is 0 Å². The third kappa shape index (κ3) is 6.41. The molecule has 4 heterocycles. The van der Waals surface area contributed by atoms with Gasteiger partial charge in [-0.05, 0) is 55.2 Å². The number of nitrogens with zero attached hydrogens (tertiary/aromatic N) is 4. The third-order valence-electron chi connectivity index (χ3n) is 7.27. The van der Waals surface area contributed by atoms with Gasteiger partial charge in [0.25, 0.3) is 5.08 Å². The van der Waals surface area contributed by atoms with E-state index < -0.39 is 32.6 Å². The van der Waals surface area contributed by atoms with Crippen LogP contribution in [0.1, 0.15) is 31.4 Å². The number of aromatic nitrogens is 4.